The Hall–Kier alpha value is -1.13. The lowest BCUT2D eigenvalue weighted by Crippen LogP contribution is -2.26. The summed E-state index contributed by atoms with van der Waals surface area (Å²) in [5, 5.41) is 0.461. The average Bonchev–Trinajstić information content (AvgIpc) is 2.46. The molecule has 0 saturated heterocycles. The molecule has 0 fully saturated rings. The Morgan fingerprint density at radius 3 is 1.45 bits per heavy atom. The van der Waals surface area contributed by atoms with E-state index in [9.17, 15) is 0 Å². The van der Waals surface area contributed by atoms with Crippen molar-refractivity contribution < 1.29 is 0 Å². The van der Waals surface area contributed by atoms with Crippen LogP contribution in [0.4, 0.5) is 0 Å². The molecule has 0 nitrogen and oxygen atoms in total. The molecule has 0 bridgehead atoms. The number of hydrogen-bond donors (Lipinski definition) is 0. The highest BCUT2D eigenvalue weighted by molar-refractivity contribution is 7.41. The molecule has 0 amide bonds. The van der Waals surface area contributed by atoms with Gasteiger partial charge in [0.15, 0.2) is 0 Å². The number of rotatable bonds is 4. The second-order valence-electron chi connectivity index (χ2n) is 6.37. The van der Waals surface area contributed by atoms with E-state index in [4.69, 9.17) is 0 Å². The zero-order valence-corrected chi connectivity index (χ0v) is 14.0. The van der Waals surface area contributed by atoms with Crippen LogP contribution >= 0.6 is 8.58 Å². The molecule has 0 spiro atoms. The highest BCUT2D eigenvalue weighted by atomic mass is 31.1. The van der Waals surface area contributed by atoms with Crippen molar-refractivity contribution in [2.24, 2.45) is 0 Å². The van der Waals surface area contributed by atoms with Crippen molar-refractivity contribution >= 4 is 8.58 Å². The molecule has 1 atom stereocenters. The van der Waals surface area contributed by atoms with Crippen molar-refractivity contribution in [3.8, 4) is 0 Å². The van der Waals surface area contributed by atoms with E-state index in [1.54, 1.807) is 0 Å². The predicted molar refractivity (Wildman–Crippen MR) is 92.0 cm³/mol. The van der Waals surface area contributed by atoms with Crippen molar-refractivity contribution in [3.05, 3.63) is 71.8 Å². The van der Waals surface area contributed by atoms with Crippen LogP contribution in [0.25, 0.3) is 0 Å². The van der Waals surface area contributed by atoms with Crippen LogP contribution in [0.15, 0.2) is 60.7 Å². The van der Waals surface area contributed by atoms with E-state index in [0.29, 0.717) is 5.16 Å². The summed E-state index contributed by atoms with van der Waals surface area (Å²) in [4.78, 5) is 0. The molecule has 1 heteroatoms. The van der Waals surface area contributed by atoms with Crippen molar-refractivity contribution in [1.82, 2.24) is 0 Å². The lowest BCUT2D eigenvalue weighted by atomic mass is 9.88. The van der Waals surface area contributed by atoms with Gasteiger partial charge in [0.25, 0.3) is 0 Å². The Labute approximate surface area is 125 Å². The fourth-order valence-corrected chi connectivity index (χ4v) is 4.97. The summed E-state index contributed by atoms with van der Waals surface area (Å²) in [7, 11) is 0.858. The van der Waals surface area contributed by atoms with Crippen molar-refractivity contribution in [2.75, 3.05) is 0 Å². The Bertz CT molecular complexity index is 483. The molecule has 0 radical (unpaired) electrons. The van der Waals surface area contributed by atoms with Crippen molar-refractivity contribution in [2.45, 2.75) is 44.4 Å². The maximum Gasteiger partial charge on any atom is 0.0375 e. The van der Waals surface area contributed by atoms with Gasteiger partial charge in [-0.15, -0.1) is 8.58 Å². The lowest BCUT2D eigenvalue weighted by molar-refractivity contribution is 0.669. The van der Waals surface area contributed by atoms with E-state index in [1.165, 1.54) is 11.1 Å². The summed E-state index contributed by atoms with van der Waals surface area (Å²) < 4.78 is 0. The second-order valence-corrected chi connectivity index (χ2v) is 8.97. The van der Waals surface area contributed by atoms with Crippen LogP contribution in [0, 0.1) is 0 Å². The standard InChI is InChI=1S/C19H25P/c1-5-19(20-18(2,3)4,16-12-8-6-9-13-16)17-14-10-7-11-15-17/h6-15,20H,5H2,1-4H3. The minimum Gasteiger partial charge on any atom is -0.101 e. The zero-order valence-electron chi connectivity index (χ0n) is 13.0. The highest BCUT2D eigenvalue weighted by Crippen LogP contribution is 2.55. The Balaban J connectivity index is 2.58. The summed E-state index contributed by atoms with van der Waals surface area (Å²) in [6.07, 6.45) is 1.14. The van der Waals surface area contributed by atoms with Crippen LogP contribution in [-0.2, 0) is 5.16 Å². The van der Waals surface area contributed by atoms with Gasteiger partial charge in [0, 0.05) is 5.16 Å². The minimum absolute atomic E-state index is 0.140. The average molecular weight is 284 g/mol. The first kappa shape index (κ1) is 15.3. The van der Waals surface area contributed by atoms with Crippen LogP contribution in [0.1, 0.15) is 45.2 Å². The normalized spacial score (nSPS) is 13.0. The number of hydrogen-bond acceptors (Lipinski definition) is 0. The maximum atomic E-state index is 2.35. The monoisotopic (exact) mass is 284 g/mol. The molecule has 0 heterocycles. The molecule has 0 aliphatic heterocycles. The van der Waals surface area contributed by atoms with Gasteiger partial charge in [0.05, 0.1) is 0 Å². The van der Waals surface area contributed by atoms with E-state index in [-0.39, 0.29) is 5.16 Å². The van der Waals surface area contributed by atoms with E-state index < -0.39 is 0 Å². The van der Waals surface area contributed by atoms with Gasteiger partial charge in [-0.25, -0.2) is 0 Å². The topological polar surface area (TPSA) is 0 Å². The van der Waals surface area contributed by atoms with E-state index in [2.05, 4.69) is 88.4 Å². The van der Waals surface area contributed by atoms with E-state index >= 15 is 0 Å². The number of benzene rings is 2. The van der Waals surface area contributed by atoms with Crippen molar-refractivity contribution in [3.63, 3.8) is 0 Å². The lowest BCUT2D eigenvalue weighted by Gasteiger charge is -2.39. The molecular weight excluding hydrogens is 259 g/mol. The second kappa shape index (κ2) is 6.10. The molecule has 0 aliphatic rings. The largest absolute Gasteiger partial charge is 0.101 e. The molecule has 0 N–H and O–H groups in total. The zero-order chi connectivity index (χ0) is 14.6. The first-order valence-corrected chi connectivity index (χ1v) is 8.38. The molecule has 20 heavy (non-hydrogen) atoms. The Morgan fingerprint density at radius 2 is 1.15 bits per heavy atom. The maximum absolute atomic E-state index is 2.35. The van der Waals surface area contributed by atoms with Gasteiger partial charge in [0.2, 0.25) is 0 Å². The van der Waals surface area contributed by atoms with Gasteiger partial charge in [-0.2, -0.15) is 0 Å². The van der Waals surface area contributed by atoms with Crippen LogP contribution in [0.2, 0.25) is 0 Å². The van der Waals surface area contributed by atoms with Gasteiger partial charge in [-0.3, -0.25) is 0 Å². The minimum atomic E-state index is 0.140. The molecule has 2 aromatic rings. The molecule has 2 aromatic carbocycles. The fraction of sp³-hybridized carbons (Fsp3) is 0.368. The van der Waals surface area contributed by atoms with Crippen LogP contribution in [0.3, 0.4) is 0 Å². The van der Waals surface area contributed by atoms with Gasteiger partial charge >= 0.3 is 0 Å². The first-order chi connectivity index (χ1) is 9.48. The van der Waals surface area contributed by atoms with Crippen LogP contribution in [-0.4, -0.2) is 5.16 Å². The molecular formula is C19H25P. The third-order valence-electron chi connectivity index (χ3n) is 3.65. The SMILES string of the molecule is CCC(PC(C)(C)C)(c1ccccc1)c1ccccc1. The van der Waals surface area contributed by atoms with Gasteiger partial charge in [-0.1, -0.05) is 88.4 Å². The molecule has 106 valence electrons. The van der Waals surface area contributed by atoms with Crippen LogP contribution in [0.5, 0.6) is 0 Å². The third kappa shape index (κ3) is 3.30. The first-order valence-electron chi connectivity index (χ1n) is 7.38. The Kier molecular flexibility index (Phi) is 4.66. The van der Waals surface area contributed by atoms with E-state index in [1.807, 2.05) is 0 Å². The summed E-state index contributed by atoms with van der Waals surface area (Å²) in [5.41, 5.74) is 2.89. The molecule has 1 unspecified atom stereocenters. The molecule has 0 saturated carbocycles. The van der Waals surface area contributed by atoms with Gasteiger partial charge in [0.1, 0.15) is 0 Å². The fourth-order valence-electron chi connectivity index (χ4n) is 2.89. The van der Waals surface area contributed by atoms with Gasteiger partial charge < -0.3 is 0 Å². The summed E-state index contributed by atoms with van der Waals surface area (Å²) in [5.74, 6) is 0. The summed E-state index contributed by atoms with van der Waals surface area (Å²) in [6, 6.07) is 22.0. The summed E-state index contributed by atoms with van der Waals surface area (Å²) >= 11 is 0. The van der Waals surface area contributed by atoms with E-state index in [0.717, 1.165) is 15.0 Å². The summed E-state index contributed by atoms with van der Waals surface area (Å²) in [6.45, 7) is 9.37. The molecule has 2 rings (SSSR count). The Morgan fingerprint density at radius 1 is 0.750 bits per heavy atom. The quantitative estimate of drug-likeness (QED) is 0.621. The third-order valence-corrected chi connectivity index (χ3v) is 5.76. The molecule has 0 aliphatic carbocycles. The van der Waals surface area contributed by atoms with Crippen molar-refractivity contribution in [1.29, 1.82) is 0 Å². The highest BCUT2D eigenvalue weighted by Gasteiger charge is 2.36. The predicted octanol–water partition coefficient (Wildman–Crippen LogP) is 5.82. The smallest absolute Gasteiger partial charge is 0.0375 e. The van der Waals surface area contributed by atoms with Crippen LogP contribution < -0.4 is 0 Å². The molecule has 0 aromatic heterocycles. The van der Waals surface area contributed by atoms with Gasteiger partial charge in [-0.05, 0) is 22.7 Å².